The second kappa shape index (κ2) is 9.74. The van der Waals surface area contributed by atoms with Gasteiger partial charge in [-0.2, -0.15) is 0 Å². The summed E-state index contributed by atoms with van der Waals surface area (Å²) in [7, 11) is 1.72. The third-order valence-corrected chi connectivity index (χ3v) is 1.89. The molecule has 0 aromatic heterocycles. The minimum atomic E-state index is 0.763. The Bertz CT molecular complexity index is 131. The number of nitrogens with one attached hydrogen (secondary N) is 2. The van der Waals surface area contributed by atoms with Gasteiger partial charge >= 0.3 is 0 Å². The standard InChI is InChI=1S/C9H20N2OS/c1-3-6-10-9(13)11-7-4-5-8-12-2/h3-8H2,1-2H3,(H2,10,11,13). The first-order chi connectivity index (χ1) is 6.31. The van der Waals surface area contributed by atoms with E-state index in [1.807, 2.05) is 0 Å². The highest BCUT2D eigenvalue weighted by Gasteiger charge is 1.92. The van der Waals surface area contributed by atoms with Crippen LogP contribution in [0.2, 0.25) is 0 Å². The molecule has 3 nitrogen and oxygen atoms in total. The summed E-state index contributed by atoms with van der Waals surface area (Å²) in [5.41, 5.74) is 0. The van der Waals surface area contributed by atoms with Gasteiger partial charge in [0.1, 0.15) is 0 Å². The molecule has 0 fully saturated rings. The molecule has 0 aromatic rings. The molecule has 0 rings (SSSR count). The normalized spacial score (nSPS) is 9.69. The molecule has 0 spiro atoms. The van der Waals surface area contributed by atoms with Crippen molar-refractivity contribution in [3.05, 3.63) is 0 Å². The Balaban J connectivity index is 3.08. The Morgan fingerprint density at radius 2 is 1.92 bits per heavy atom. The molecule has 0 aliphatic heterocycles. The average Bonchev–Trinajstić information content (AvgIpc) is 2.14. The molecule has 78 valence electrons. The molecule has 0 amide bonds. The van der Waals surface area contributed by atoms with Gasteiger partial charge in [0.2, 0.25) is 0 Å². The minimum Gasteiger partial charge on any atom is -0.385 e. The molecule has 0 atom stereocenters. The fourth-order valence-electron chi connectivity index (χ4n) is 0.874. The van der Waals surface area contributed by atoms with Gasteiger partial charge in [0.25, 0.3) is 0 Å². The zero-order chi connectivity index (χ0) is 9.94. The third kappa shape index (κ3) is 9.56. The highest BCUT2D eigenvalue weighted by molar-refractivity contribution is 7.80. The number of rotatable bonds is 7. The lowest BCUT2D eigenvalue weighted by molar-refractivity contribution is 0.193. The number of thiocarbonyl (C=S) groups is 1. The number of unbranched alkanes of at least 4 members (excludes halogenated alkanes) is 1. The van der Waals surface area contributed by atoms with Crippen LogP contribution in [0.3, 0.4) is 0 Å². The molecule has 0 bridgehead atoms. The second-order valence-electron chi connectivity index (χ2n) is 2.88. The monoisotopic (exact) mass is 204 g/mol. The molecule has 0 aliphatic rings. The van der Waals surface area contributed by atoms with Gasteiger partial charge < -0.3 is 15.4 Å². The van der Waals surface area contributed by atoms with Crippen molar-refractivity contribution in [2.24, 2.45) is 0 Å². The SMILES string of the molecule is CCCNC(=S)NCCCCOC. The summed E-state index contributed by atoms with van der Waals surface area (Å²) < 4.78 is 4.94. The van der Waals surface area contributed by atoms with E-state index in [1.54, 1.807) is 7.11 Å². The van der Waals surface area contributed by atoms with Crippen LogP contribution < -0.4 is 10.6 Å². The third-order valence-electron chi connectivity index (χ3n) is 1.60. The van der Waals surface area contributed by atoms with Crippen LogP contribution in [-0.2, 0) is 4.74 Å². The largest absolute Gasteiger partial charge is 0.385 e. The van der Waals surface area contributed by atoms with Gasteiger partial charge in [0.15, 0.2) is 5.11 Å². The van der Waals surface area contributed by atoms with Crippen LogP contribution >= 0.6 is 12.2 Å². The summed E-state index contributed by atoms with van der Waals surface area (Å²) in [6.45, 7) is 4.83. The van der Waals surface area contributed by atoms with E-state index >= 15 is 0 Å². The minimum absolute atomic E-state index is 0.763. The van der Waals surface area contributed by atoms with Gasteiger partial charge in [-0.15, -0.1) is 0 Å². The van der Waals surface area contributed by atoms with E-state index in [-0.39, 0.29) is 0 Å². The van der Waals surface area contributed by atoms with Crippen LogP contribution in [0.1, 0.15) is 26.2 Å². The molecular formula is C9H20N2OS. The Morgan fingerprint density at radius 1 is 1.23 bits per heavy atom. The van der Waals surface area contributed by atoms with Crippen LogP contribution in [-0.4, -0.2) is 31.9 Å². The molecule has 2 N–H and O–H groups in total. The van der Waals surface area contributed by atoms with E-state index < -0.39 is 0 Å². The van der Waals surface area contributed by atoms with Crippen LogP contribution in [0.4, 0.5) is 0 Å². The lowest BCUT2D eigenvalue weighted by Crippen LogP contribution is -2.36. The zero-order valence-electron chi connectivity index (χ0n) is 8.56. The van der Waals surface area contributed by atoms with E-state index in [9.17, 15) is 0 Å². The maximum absolute atomic E-state index is 5.04. The topological polar surface area (TPSA) is 33.3 Å². The summed E-state index contributed by atoms with van der Waals surface area (Å²) in [5, 5.41) is 7.02. The Kier molecular flexibility index (Phi) is 9.47. The molecule has 0 unspecified atom stereocenters. The second-order valence-corrected chi connectivity index (χ2v) is 3.29. The number of hydrogen-bond acceptors (Lipinski definition) is 2. The van der Waals surface area contributed by atoms with E-state index in [0.29, 0.717) is 0 Å². The molecule has 0 radical (unpaired) electrons. The van der Waals surface area contributed by atoms with Crippen LogP contribution in [0.15, 0.2) is 0 Å². The molecule has 0 saturated carbocycles. The van der Waals surface area contributed by atoms with Crippen molar-refractivity contribution in [3.63, 3.8) is 0 Å². The van der Waals surface area contributed by atoms with Gasteiger partial charge in [-0.25, -0.2) is 0 Å². The highest BCUT2D eigenvalue weighted by Crippen LogP contribution is 1.86. The average molecular weight is 204 g/mol. The molecular weight excluding hydrogens is 184 g/mol. The van der Waals surface area contributed by atoms with Gasteiger partial charge in [0.05, 0.1) is 0 Å². The van der Waals surface area contributed by atoms with E-state index in [0.717, 1.165) is 44.1 Å². The predicted molar refractivity (Wildman–Crippen MR) is 60.0 cm³/mol. The maximum atomic E-state index is 5.04. The lowest BCUT2D eigenvalue weighted by atomic mass is 10.3. The van der Waals surface area contributed by atoms with Crippen molar-refractivity contribution in [1.82, 2.24) is 10.6 Å². The van der Waals surface area contributed by atoms with Gasteiger partial charge in [-0.05, 0) is 31.5 Å². The number of methoxy groups -OCH3 is 1. The molecule has 0 aliphatic carbocycles. The lowest BCUT2D eigenvalue weighted by Gasteiger charge is -2.08. The Labute approximate surface area is 86.2 Å². The number of hydrogen-bond donors (Lipinski definition) is 2. The van der Waals surface area contributed by atoms with Crippen molar-refractivity contribution in [2.75, 3.05) is 26.8 Å². The zero-order valence-corrected chi connectivity index (χ0v) is 9.38. The predicted octanol–water partition coefficient (Wildman–Crippen LogP) is 1.29. The fraction of sp³-hybridized carbons (Fsp3) is 0.889. The first kappa shape index (κ1) is 12.7. The smallest absolute Gasteiger partial charge is 0.166 e. The Morgan fingerprint density at radius 3 is 2.54 bits per heavy atom. The van der Waals surface area contributed by atoms with Crippen molar-refractivity contribution in [1.29, 1.82) is 0 Å². The first-order valence-electron chi connectivity index (χ1n) is 4.82. The first-order valence-corrected chi connectivity index (χ1v) is 5.22. The van der Waals surface area contributed by atoms with Gasteiger partial charge in [-0.1, -0.05) is 6.92 Å². The van der Waals surface area contributed by atoms with Crippen molar-refractivity contribution >= 4 is 17.3 Å². The molecule has 0 saturated heterocycles. The quantitative estimate of drug-likeness (QED) is 0.483. The fourth-order valence-corrected chi connectivity index (χ4v) is 1.08. The summed E-state index contributed by atoms with van der Waals surface area (Å²) in [6, 6.07) is 0. The van der Waals surface area contributed by atoms with E-state index in [1.165, 1.54) is 0 Å². The summed E-state index contributed by atoms with van der Waals surface area (Å²) in [6.07, 6.45) is 3.28. The van der Waals surface area contributed by atoms with Gasteiger partial charge in [-0.3, -0.25) is 0 Å². The molecule has 4 heteroatoms. The van der Waals surface area contributed by atoms with Crippen LogP contribution in [0, 0.1) is 0 Å². The van der Waals surface area contributed by atoms with Crippen molar-refractivity contribution in [2.45, 2.75) is 26.2 Å². The van der Waals surface area contributed by atoms with E-state index in [2.05, 4.69) is 17.6 Å². The maximum Gasteiger partial charge on any atom is 0.166 e. The van der Waals surface area contributed by atoms with Crippen molar-refractivity contribution < 1.29 is 4.74 Å². The summed E-state index contributed by atoms with van der Waals surface area (Å²) in [4.78, 5) is 0. The number of ether oxygens (including phenoxy) is 1. The van der Waals surface area contributed by atoms with E-state index in [4.69, 9.17) is 17.0 Å². The molecule has 0 aromatic carbocycles. The summed E-state index contributed by atoms with van der Waals surface area (Å²) in [5.74, 6) is 0. The Hall–Kier alpha value is -0.350. The van der Waals surface area contributed by atoms with Crippen molar-refractivity contribution in [3.8, 4) is 0 Å². The summed E-state index contributed by atoms with van der Waals surface area (Å²) >= 11 is 5.04. The van der Waals surface area contributed by atoms with Crippen LogP contribution in [0.25, 0.3) is 0 Å². The molecule has 13 heavy (non-hydrogen) atoms. The van der Waals surface area contributed by atoms with Crippen LogP contribution in [0.5, 0.6) is 0 Å². The molecule has 0 heterocycles. The highest BCUT2D eigenvalue weighted by atomic mass is 32.1. The van der Waals surface area contributed by atoms with Gasteiger partial charge in [0, 0.05) is 26.8 Å².